The Morgan fingerprint density at radius 2 is 1.55 bits per heavy atom. The first kappa shape index (κ1) is 17.5. The standard InChI is InChI=1S/C19H33N3/c1-4-10-21-11-13-22(14-12-21)16-19-8-6-18(7-9-19)15-20-17(3)5-2/h6-9,17,20H,4-5,10-16H2,1-3H3. The van der Waals surface area contributed by atoms with Gasteiger partial charge in [-0.05, 0) is 37.4 Å². The van der Waals surface area contributed by atoms with E-state index in [9.17, 15) is 0 Å². The molecule has 1 fully saturated rings. The fourth-order valence-corrected chi connectivity index (χ4v) is 2.94. The van der Waals surface area contributed by atoms with Gasteiger partial charge in [0.1, 0.15) is 0 Å². The van der Waals surface area contributed by atoms with Crippen LogP contribution in [0, 0.1) is 0 Å². The summed E-state index contributed by atoms with van der Waals surface area (Å²) in [4.78, 5) is 5.17. The van der Waals surface area contributed by atoms with E-state index in [0.29, 0.717) is 6.04 Å². The van der Waals surface area contributed by atoms with Crippen LogP contribution in [0.1, 0.15) is 44.7 Å². The van der Waals surface area contributed by atoms with E-state index >= 15 is 0 Å². The molecule has 1 aromatic rings. The van der Waals surface area contributed by atoms with Gasteiger partial charge in [0.2, 0.25) is 0 Å². The van der Waals surface area contributed by atoms with Crippen molar-refractivity contribution in [1.29, 1.82) is 0 Å². The molecule has 1 saturated heterocycles. The summed E-state index contributed by atoms with van der Waals surface area (Å²) in [5.74, 6) is 0. The number of piperazine rings is 1. The molecule has 0 amide bonds. The lowest BCUT2D eigenvalue weighted by Gasteiger charge is -2.34. The second-order valence-corrected chi connectivity index (χ2v) is 6.62. The summed E-state index contributed by atoms with van der Waals surface area (Å²) in [5.41, 5.74) is 2.83. The van der Waals surface area contributed by atoms with E-state index in [1.807, 2.05) is 0 Å². The van der Waals surface area contributed by atoms with Gasteiger partial charge < -0.3 is 10.2 Å². The zero-order valence-corrected chi connectivity index (χ0v) is 14.6. The predicted molar refractivity (Wildman–Crippen MR) is 95.0 cm³/mol. The highest BCUT2D eigenvalue weighted by Crippen LogP contribution is 2.10. The summed E-state index contributed by atoms with van der Waals surface area (Å²) in [6.45, 7) is 14.9. The molecule has 3 heteroatoms. The molecule has 2 rings (SSSR count). The summed E-state index contributed by atoms with van der Waals surface area (Å²) in [6.07, 6.45) is 2.45. The van der Waals surface area contributed by atoms with E-state index < -0.39 is 0 Å². The minimum atomic E-state index is 0.596. The highest BCUT2D eigenvalue weighted by atomic mass is 15.3. The van der Waals surface area contributed by atoms with Crippen LogP contribution in [0.25, 0.3) is 0 Å². The number of hydrogen-bond acceptors (Lipinski definition) is 3. The van der Waals surface area contributed by atoms with E-state index in [1.54, 1.807) is 0 Å². The third-order valence-electron chi connectivity index (χ3n) is 4.70. The third-order valence-corrected chi connectivity index (χ3v) is 4.70. The summed E-state index contributed by atoms with van der Waals surface area (Å²) < 4.78 is 0. The van der Waals surface area contributed by atoms with Crippen molar-refractivity contribution in [2.75, 3.05) is 32.7 Å². The van der Waals surface area contributed by atoms with Crippen molar-refractivity contribution in [1.82, 2.24) is 15.1 Å². The Labute approximate surface area is 136 Å². The van der Waals surface area contributed by atoms with Gasteiger partial charge in [-0.2, -0.15) is 0 Å². The first-order chi connectivity index (χ1) is 10.7. The molecular weight excluding hydrogens is 270 g/mol. The van der Waals surface area contributed by atoms with Gasteiger partial charge in [-0.15, -0.1) is 0 Å². The van der Waals surface area contributed by atoms with Crippen LogP contribution in [0.3, 0.4) is 0 Å². The summed E-state index contributed by atoms with van der Waals surface area (Å²) in [6, 6.07) is 9.74. The van der Waals surface area contributed by atoms with Crippen molar-refractivity contribution in [3.05, 3.63) is 35.4 Å². The van der Waals surface area contributed by atoms with Gasteiger partial charge in [-0.1, -0.05) is 38.1 Å². The Balaban J connectivity index is 1.75. The molecule has 1 heterocycles. The molecule has 0 radical (unpaired) electrons. The Hall–Kier alpha value is -0.900. The molecule has 0 bridgehead atoms. The third kappa shape index (κ3) is 5.71. The number of benzene rings is 1. The van der Waals surface area contributed by atoms with Crippen LogP contribution in [-0.4, -0.2) is 48.6 Å². The van der Waals surface area contributed by atoms with Gasteiger partial charge >= 0.3 is 0 Å². The minimum absolute atomic E-state index is 0.596. The molecule has 1 aliphatic heterocycles. The quantitative estimate of drug-likeness (QED) is 0.796. The number of nitrogens with zero attached hydrogens (tertiary/aromatic N) is 2. The van der Waals surface area contributed by atoms with E-state index in [0.717, 1.165) is 13.1 Å². The molecule has 124 valence electrons. The van der Waals surface area contributed by atoms with Crippen molar-refractivity contribution < 1.29 is 0 Å². The average molecular weight is 303 g/mol. The molecule has 3 nitrogen and oxygen atoms in total. The molecule has 1 aromatic carbocycles. The number of nitrogens with one attached hydrogen (secondary N) is 1. The molecule has 0 spiro atoms. The van der Waals surface area contributed by atoms with Crippen LogP contribution in [0.5, 0.6) is 0 Å². The second-order valence-electron chi connectivity index (χ2n) is 6.62. The van der Waals surface area contributed by atoms with E-state index in [-0.39, 0.29) is 0 Å². The Morgan fingerprint density at radius 1 is 0.955 bits per heavy atom. The number of hydrogen-bond donors (Lipinski definition) is 1. The SMILES string of the molecule is CCCN1CCN(Cc2ccc(CNC(C)CC)cc2)CC1. The monoisotopic (exact) mass is 303 g/mol. The number of rotatable bonds is 8. The molecule has 1 aliphatic rings. The van der Waals surface area contributed by atoms with Crippen LogP contribution >= 0.6 is 0 Å². The summed E-state index contributed by atoms with van der Waals surface area (Å²) >= 11 is 0. The van der Waals surface area contributed by atoms with Crippen LogP contribution in [-0.2, 0) is 13.1 Å². The lowest BCUT2D eigenvalue weighted by Crippen LogP contribution is -2.45. The minimum Gasteiger partial charge on any atom is -0.310 e. The zero-order valence-electron chi connectivity index (χ0n) is 14.6. The fraction of sp³-hybridized carbons (Fsp3) is 0.684. The molecule has 0 saturated carbocycles. The van der Waals surface area contributed by atoms with Crippen molar-refractivity contribution in [3.63, 3.8) is 0 Å². The molecule has 0 aromatic heterocycles. The van der Waals surface area contributed by atoms with Crippen LogP contribution in [0.2, 0.25) is 0 Å². The highest BCUT2D eigenvalue weighted by molar-refractivity contribution is 5.22. The maximum absolute atomic E-state index is 3.55. The fourth-order valence-electron chi connectivity index (χ4n) is 2.94. The highest BCUT2D eigenvalue weighted by Gasteiger charge is 2.15. The van der Waals surface area contributed by atoms with Gasteiger partial charge in [0, 0.05) is 45.3 Å². The Kier molecular flexibility index (Phi) is 7.37. The predicted octanol–water partition coefficient (Wildman–Crippen LogP) is 3.10. The zero-order chi connectivity index (χ0) is 15.8. The smallest absolute Gasteiger partial charge is 0.0234 e. The molecular formula is C19H33N3. The molecule has 1 atom stereocenters. The lowest BCUT2D eigenvalue weighted by molar-refractivity contribution is 0.127. The second kappa shape index (κ2) is 9.29. The van der Waals surface area contributed by atoms with E-state index in [1.165, 1.54) is 56.7 Å². The van der Waals surface area contributed by atoms with Crippen molar-refractivity contribution in [3.8, 4) is 0 Å². The Morgan fingerprint density at radius 3 is 2.14 bits per heavy atom. The maximum Gasteiger partial charge on any atom is 0.0234 e. The first-order valence-corrected chi connectivity index (χ1v) is 8.97. The van der Waals surface area contributed by atoms with Gasteiger partial charge in [0.25, 0.3) is 0 Å². The van der Waals surface area contributed by atoms with Gasteiger partial charge in [-0.25, -0.2) is 0 Å². The first-order valence-electron chi connectivity index (χ1n) is 8.97. The van der Waals surface area contributed by atoms with Crippen LogP contribution in [0.15, 0.2) is 24.3 Å². The van der Waals surface area contributed by atoms with Crippen molar-refractivity contribution in [2.24, 2.45) is 0 Å². The van der Waals surface area contributed by atoms with Crippen LogP contribution < -0.4 is 5.32 Å². The maximum atomic E-state index is 3.55. The largest absolute Gasteiger partial charge is 0.310 e. The molecule has 1 N–H and O–H groups in total. The summed E-state index contributed by atoms with van der Waals surface area (Å²) in [7, 11) is 0. The summed E-state index contributed by atoms with van der Waals surface area (Å²) in [5, 5.41) is 3.55. The van der Waals surface area contributed by atoms with E-state index in [2.05, 4.69) is 60.2 Å². The van der Waals surface area contributed by atoms with Gasteiger partial charge in [0.05, 0.1) is 0 Å². The lowest BCUT2D eigenvalue weighted by atomic mass is 10.1. The van der Waals surface area contributed by atoms with Crippen LogP contribution in [0.4, 0.5) is 0 Å². The normalized spacial score (nSPS) is 18.5. The Bertz CT molecular complexity index is 407. The van der Waals surface area contributed by atoms with Crippen molar-refractivity contribution in [2.45, 2.75) is 52.7 Å². The van der Waals surface area contributed by atoms with Gasteiger partial charge in [-0.3, -0.25) is 4.90 Å². The molecule has 22 heavy (non-hydrogen) atoms. The van der Waals surface area contributed by atoms with E-state index in [4.69, 9.17) is 0 Å². The topological polar surface area (TPSA) is 18.5 Å². The average Bonchev–Trinajstić information content (AvgIpc) is 2.56. The van der Waals surface area contributed by atoms with Gasteiger partial charge in [0.15, 0.2) is 0 Å². The van der Waals surface area contributed by atoms with Crippen molar-refractivity contribution >= 4 is 0 Å². The molecule has 1 unspecified atom stereocenters. The molecule has 0 aliphatic carbocycles.